The number of ether oxygens (including phenoxy) is 1. The van der Waals surface area contributed by atoms with Gasteiger partial charge in [-0.05, 0) is 48.0 Å². The summed E-state index contributed by atoms with van der Waals surface area (Å²) in [5.41, 5.74) is 0.306. The molecule has 0 fully saturated rings. The first-order valence-corrected chi connectivity index (χ1v) is 11.6. The lowest BCUT2D eigenvalue weighted by Gasteiger charge is -2.09. The van der Waals surface area contributed by atoms with Crippen molar-refractivity contribution in [3.8, 4) is 11.6 Å². The highest BCUT2D eigenvalue weighted by atomic mass is 32.2. The number of fused-ring (bicyclic) bond motifs is 1. The van der Waals surface area contributed by atoms with E-state index in [0.717, 1.165) is 22.4 Å². The summed E-state index contributed by atoms with van der Waals surface area (Å²) in [5.74, 6) is 0.146. The number of hydrogen-bond acceptors (Lipinski definition) is 6. The van der Waals surface area contributed by atoms with Gasteiger partial charge < -0.3 is 10.1 Å². The molecule has 0 aliphatic heterocycles. The Morgan fingerprint density at radius 3 is 2.32 bits per heavy atom. The summed E-state index contributed by atoms with van der Waals surface area (Å²) in [7, 11) is -3.54. The number of hydrogen-bond donors (Lipinski definition) is 1. The zero-order valence-corrected chi connectivity index (χ0v) is 18.4. The molecule has 0 radical (unpaired) electrons. The van der Waals surface area contributed by atoms with E-state index in [0.29, 0.717) is 22.4 Å². The number of nitrogens with zero attached hydrogens (tertiary/aromatic N) is 3. The topological polar surface area (TPSA) is 103 Å². The maximum Gasteiger partial charge on any atom is 0.416 e. The third kappa shape index (κ3) is 5.17. The van der Waals surface area contributed by atoms with Gasteiger partial charge in [0.2, 0.25) is 21.8 Å². The molecular formula is C22H17F3N4O4S. The molecule has 0 aliphatic rings. The summed E-state index contributed by atoms with van der Waals surface area (Å²) in [6.07, 6.45) is -0.918. The SMILES string of the molecule is CS(=O)(=O)n1ccc2c(Oc3ccc(NC(=O)Cc4ccc(C(F)(F)F)cc4)cc3)ncnc21. The minimum absolute atomic E-state index is 0.0906. The van der Waals surface area contributed by atoms with Gasteiger partial charge >= 0.3 is 6.18 Å². The smallest absolute Gasteiger partial charge is 0.416 e. The molecule has 0 aliphatic carbocycles. The van der Waals surface area contributed by atoms with E-state index in [-0.39, 0.29) is 17.9 Å². The molecule has 4 rings (SSSR count). The largest absolute Gasteiger partial charge is 0.438 e. The summed E-state index contributed by atoms with van der Waals surface area (Å²) < 4.78 is 68.4. The van der Waals surface area contributed by atoms with Crippen LogP contribution in [0.4, 0.5) is 18.9 Å². The Kier molecular flexibility index (Phi) is 6.00. The molecule has 0 unspecified atom stereocenters. The molecule has 1 N–H and O–H groups in total. The molecule has 2 aromatic carbocycles. The van der Waals surface area contributed by atoms with Crippen LogP contribution in [-0.4, -0.2) is 34.5 Å². The fourth-order valence-corrected chi connectivity index (χ4v) is 3.92. The van der Waals surface area contributed by atoms with Crippen LogP contribution in [0.3, 0.4) is 0 Å². The van der Waals surface area contributed by atoms with E-state index in [9.17, 15) is 26.4 Å². The first kappa shape index (κ1) is 23.2. The van der Waals surface area contributed by atoms with E-state index in [1.807, 2.05) is 0 Å². The van der Waals surface area contributed by atoms with E-state index in [4.69, 9.17) is 4.74 Å². The quantitative estimate of drug-likeness (QED) is 0.434. The standard InChI is InChI=1S/C22H17F3N4O4S/c1-34(31,32)29-11-10-18-20(29)26-13-27-21(18)33-17-8-6-16(7-9-17)28-19(30)12-14-2-4-15(5-3-14)22(23,24)25/h2-11,13H,12H2,1H3,(H,28,30). The summed E-state index contributed by atoms with van der Waals surface area (Å²) >= 11 is 0. The van der Waals surface area contributed by atoms with Crippen LogP contribution in [0, 0.1) is 0 Å². The third-order valence-corrected chi connectivity index (χ3v) is 5.78. The lowest BCUT2D eigenvalue weighted by atomic mass is 10.1. The number of aromatic nitrogens is 3. The molecule has 2 aromatic heterocycles. The van der Waals surface area contributed by atoms with Crippen molar-refractivity contribution < 1.29 is 31.1 Å². The average Bonchev–Trinajstić information content (AvgIpc) is 3.21. The Morgan fingerprint density at radius 1 is 1.03 bits per heavy atom. The molecule has 0 atom stereocenters. The highest BCUT2D eigenvalue weighted by molar-refractivity contribution is 7.89. The second-order valence-corrected chi connectivity index (χ2v) is 9.20. The van der Waals surface area contributed by atoms with E-state index < -0.39 is 27.7 Å². The maximum atomic E-state index is 12.6. The van der Waals surface area contributed by atoms with Gasteiger partial charge in [-0.25, -0.2) is 22.4 Å². The first-order valence-electron chi connectivity index (χ1n) is 9.77. The molecule has 0 saturated carbocycles. The van der Waals surface area contributed by atoms with Crippen molar-refractivity contribution >= 4 is 32.7 Å². The van der Waals surface area contributed by atoms with Crippen molar-refractivity contribution in [2.75, 3.05) is 11.6 Å². The molecule has 12 heteroatoms. The van der Waals surface area contributed by atoms with Crippen molar-refractivity contribution in [3.05, 3.63) is 78.2 Å². The lowest BCUT2D eigenvalue weighted by Crippen LogP contribution is -2.14. The van der Waals surface area contributed by atoms with Gasteiger partial charge in [-0.3, -0.25) is 4.79 Å². The van der Waals surface area contributed by atoms with Crippen molar-refractivity contribution in [1.29, 1.82) is 0 Å². The zero-order chi connectivity index (χ0) is 24.5. The van der Waals surface area contributed by atoms with Gasteiger partial charge in [-0.1, -0.05) is 12.1 Å². The van der Waals surface area contributed by atoms with Gasteiger partial charge in [-0.15, -0.1) is 0 Å². The van der Waals surface area contributed by atoms with E-state index in [2.05, 4.69) is 15.3 Å². The molecule has 4 aromatic rings. The number of amides is 1. The lowest BCUT2D eigenvalue weighted by molar-refractivity contribution is -0.137. The van der Waals surface area contributed by atoms with Crippen LogP contribution < -0.4 is 10.1 Å². The maximum absolute atomic E-state index is 12.6. The van der Waals surface area contributed by atoms with Crippen LogP contribution in [-0.2, 0) is 27.4 Å². The molecule has 1 amide bonds. The second-order valence-electron chi connectivity index (χ2n) is 7.34. The Morgan fingerprint density at radius 2 is 1.71 bits per heavy atom. The third-order valence-electron chi connectivity index (χ3n) is 4.77. The van der Waals surface area contributed by atoms with Crippen LogP contribution in [0.2, 0.25) is 0 Å². The minimum Gasteiger partial charge on any atom is -0.438 e. The monoisotopic (exact) mass is 490 g/mol. The molecule has 0 spiro atoms. The van der Waals surface area contributed by atoms with Crippen LogP contribution in [0.25, 0.3) is 11.0 Å². The molecular weight excluding hydrogens is 473 g/mol. The number of benzene rings is 2. The number of alkyl halides is 3. The van der Waals surface area contributed by atoms with Crippen molar-refractivity contribution in [1.82, 2.24) is 13.9 Å². The summed E-state index contributed by atoms with van der Waals surface area (Å²) in [4.78, 5) is 20.3. The number of carbonyl (C=O) groups excluding carboxylic acids is 1. The van der Waals surface area contributed by atoms with Crippen LogP contribution in [0.15, 0.2) is 67.1 Å². The summed E-state index contributed by atoms with van der Waals surface area (Å²) in [6, 6.07) is 12.2. The van der Waals surface area contributed by atoms with Gasteiger partial charge in [0.05, 0.1) is 23.6 Å². The number of nitrogens with one attached hydrogen (secondary N) is 1. The molecule has 176 valence electrons. The molecule has 0 saturated heterocycles. The first-order chi connectivity index (χ1) is 16.0. The van der Waals surface area contributed by atoms with E-state index >= 15 is 0 Å². The van der Waals surface area contributed by atoms with Gasteiger partial charge in [0.15, 0.2) is 5.65 Å². The molecule has 0 bridgehead atoms. The van der Waals surface area contributed by atoms with Crippen LogP contribution in [0.1, 0.15) is 11.1 Å². The molecule has 34 heavy (non-hydrogen) atoms. The Labute approximate surface area is 192 Å². The number of rotatable bonds is 6. The molecule has 2 heterocycles. The summed E-state index contributed by atoms with van der Waals surface area (Å²) in [6.45, 7) is 0. The normalized spacial score (nSPS) is 12.0. The predicted molar refractivity (Wildman–Crippen MR) is 118 cm³/mol. The Hall–Kier alpha value is -3.93. The van der Waals surface area contributed by atoms with Crippen LogP contribution >= 0.6 is 0 Å². The van der Waals surface area contributed by atoms with Gasteiger partial charge in [0, 0.05) is 11.9 Å². The van der Waals surface area contributed by atoms with Crippen molar-refractivity contribution in [2.24, 2.45) is 0 Å². The van der Waals surface area contributed by atoms with Crippen LogP contribution in [0.5, 0.6) is 11.6 Å². The fourth-order valence-electron chi connectivity index (χ4n) is 3.17. The number of anilines is 1. The number of carbonyl (C=O) groups is 1. The Bertz CT molecular complexity index is 1450. The number of halogens is 3. The van der Waals surface area contributed by atoms with E-state index in [1.54, 1.807) is 24.3 Å². The van der Waals surface area contributed by atoms with Gasteiger partial charge in [0.25, 0.3) is 0 Å². The highest BCUT2D eigenvalue weighted by Gasteiger charge is 2.30. The molecule has 8 nitrogen and oxygen atoms in total. The zero-order valence-electron chi connectivity index (χ0n) is 17.6. The van der Waals surface area contributed by atoms with Gasteiger partial charge in [-0.2, -0.15) is 13.2 Å². The van der Waals surface area contributed by atoms with Gasteiger partial charge in [0.1, 0.15) is 12.1 Å². The average molecular weight is 490 g/mol. The minimum atomic E-state index is -4.43. The second kappa shape index (κ2) is 8.78. The Balaban J connectivity index is 1.42. The fraction of sp³-hybridized carbons (Fsp3) is 0.136. The highest BCUT2D eigenvalue weighted by Crippen LogP contribution is 2.30. The van der Waals surface area contributed by atoms with E-state index in [1.165, 1.54) is 30.7 Å². The van der Waals surface area contributed by atoms with Crippen molar-refractivity contribution in [3.63, 3.8) is 0 Å². The van der Waals surface area contributed by atoms with Crippen molar-refractivity contribution in [2.45, 2.75) is 12.6 Å². The predicted octanol–water partition coefficient (Wildman–Crippen LogP) is 4.23. The summed E-state index contributed by atoms with van der Waals surface area (Å²) in [5, 5.41) is 3.07.